The fraction of sp³-hybridized carbons (Fsp3) is 0.381. The highest BCUT2D eigenvalue weighted by Crippen LogP contribution is 2.24. The third-order valence-electron chi connectivity index (χ3n) is 3.75. The second kappa shape index (κ2) is 10.1. The molecule has 0 radical (unpaired) electrons. The number of para-hydroxylation sites is 1. The molecule has 0 saturated carbocycles. The summed E-state index contributed by atoms with van der Waals surface area (Å²) in [5.41, 5.74) is 1.22. The van der Waals surface area contributed by atoms with Gasteiger partial charge in [-0.3, -0.25) is 4.79 Å². The minimum absolute atomic E-state index is 0.148. The topological polar surface area (TPSA) is 47.6 Å². The number of hydrogen-bond donors (Lipinski definition) is 1. The van der Waals surface area contributed by atoms with E-state index in [0.29, 0.717) is 17.3 Å². The van der Waals surface area contributed by atoms with Crippen molar-refractivity contribution in [2.24, 2.45) is 0 Å². The van der Waals surface area contributed by atoms with Crippen LogP contribution in [0.2, 0.25) is 5.02 Å². The highest BCUT2D eigenvalue weighted by Gasteiger charge is 2.15. The van der Waals surface area contributed by atoms with Crippen molar-refractivity contribution in [3.05, 3.63) is 59.1 Å². The third kappa shape index (κ3) is 6.60. The molecule has 0 aliphatic rings. The number of benzene rings is 2. The van der Waals surface area contributed by atoms with Crippen LogP contribution in [0.25, 0.3) is 0 Å². The summed E-state index contributed by atoms with van der Waals surface area (Å²) in [5.74, 6) is 1.24. The average Bonchev–Trinajstić information content (AvgIpc) is 2.61. The Morgan fingerprint density at radius 2 is 1.73 bits per heavy atom. The Bertz CT molecular complexity index is 701. The number of ether oxygens (including phenoxy) is 2. The van der Waals surface area contributed by atoms with Crippen molar-refractivity contribution in [2.45, 2.75) is 45.8 Å². The molecule has 0 aliphatic heterocycles. The number of carbonyl (C=O) groups excluding carboxylic acids is 1. The van der Waals surface area contributed by atoms with Crippen molar-refractivity contribution in [3.8, 4) is 11.5 Å². The Balaban J connectivity index is 1.70. The van der Waals surface area contributed by atoms with Gasteiger partial charge in [-0.25, -0.2) is 0 Å². The van der Waals surface area contributed by atoms with Crippen molar-refractivity contribution < 1.29 is 14.3 Å². The van der Waals surface area contributed by atoms with Crippen molar-refractivity contribution >= 4 is 17.5 Å². The highest BCUT2D eigenvalue weighted by molar-refractivity contribution is 6.32. The number of amides is 1. The first-order valence-electron chi connectivity index (χ1n) is 8.90. The van der Waals surface area contributed by atoms with Crippen LogP contribution < -0.4 is 14.8 Å². The monoisotopic (exact) mass is 375 g/mol. The van der Waals surface area contributed by atoms with E-state index in [1.165, 1.54) is 5.56 Å². The summed E-state index contributed by atoms with van der Waals surface area (Å²) >= 11 is 6.04. The van der Waals surface area contributed by atoms with Gasteiger partial charge in [-0.2, -0.15) is 0 Å². The molecule has 1 amide bonds. The van der Waals surface area contributed by atoms with Crippen LogP contribution >= 0.6 is 11.6 Å². The fourth-order valence-electron chi connectivity index (χ4n) is 2.44. The van der Waals surface area contributed by atoms with Gasteiger partial charge in [0.1, 0.15) is 11.5 Å². The summed E-state index contributed by atoms with van der Waals surface area (Å²) in [6.45, 7) is 6.32. The predicted molar refractivity (Wildman–Crippen MR) is 105 cm³/mol. The first-order chi connectivity index (χ1) is 12.5. The second-order valence-corrected chi connectivity index (χ2v) is 6.80. The van der Waals surface area contributed by atoms with Gasteiger partial charge in [0.2, 0.25) is 0 Å². The van der Waals surface area contributed by atoms with E-state index in [4.69, 9.17) is 21.1 Å². The summed E-state index contributed by atoms with van der Waals surface area (Å²) < 4.78 is 11.2. The van der Waals surface area contributed by atoms with E-state index in [9.17, 15) is 4.79 Å². The molecule has 140 valence electrons. The lowest BCUT2D eigenvalue weighted by atomic mass is 10.1. The van der Waals surface area contributed by atoms with E-state index in [2.05, 4.69) is 17.4 Å². The number of hydrogen-bond acceptors (Lipinski definition) is 3. The minimum Gasteiger partial charge on any atom is -0.491 e. The van der Waals surface area contributed by atoms with Crippen LogP contribution in [0.1, 0.15) is 32.8 Å². The Kier molecular flexibility index (Phi) is 7.79. The van der Waals surface area contributed by atoms with Crippen LogP contribution in [0.4, 0.5) is 0 Å². The fourth-order valence-corrected chi connectivity index (χ4v) is 2.62. The molecular weight excluding hydrogens is 350 g/mol. The minimum atomic E-state index is -0.595. The molecule has 0 unspecified atom stereocenters. The molecule has 26 heavy (non-hydrogen) atoms. The molecule has 5 heteroatoms. The number of rotatable bonds is 9. The Labute approximate surface area is 160 Å². The van der Waals surface area contributed by atoms with Crippen LogP contribution in [0.15, 0.2) is 48.5 Å². The predicted octanol–water partition coefficient (Wildman–Crippen LogP) is 4.64. The number of nitrogens with one attached hydrogen (secondary N) is 1. The molecule has 2 aromatic carbocycles. The van der Waals surface area contributed by atoms with E-state index < -0.39 is 6.10 Å². The molecule has 0 saturated heterocycles. The van der Waals surface area contributed by atoms with Crippen molar-refractivity contribution in [3.63, 3.8) is 0 Å². The van der Waals surface area contributed by atoms with E-state index in [-0.39, 0.29) is 12.0 Å². The molecular formula is C21H26ClNO3. The molecule has 0 spiro atoms. The molecule has 0 aromatic heterocycles. The van der Waals surface area contributed by atoms with Crippen LogP contribution in [0.5, 0.6) is 11.5 Å². The zero-order valence-electron chi connectivity index (χ0n) is 15.5. The van der Waals surface area contributed by atoms with Gasteiger partial charge in [-0.05, 0) is 63.4 Å². The van der Waals surface area contributed by atoms with Gasteiger partial charge in [0.25, 0.3) is 5.91 Å². The Morgan fingerprint density at radius 1 is 1.04 bits per heavy atom. The van der Waals surface area contributed by atoms with Gasteiger partial charge in [0.05, 0.1) is 11.1 Å². The SMILES string of the molecule is CC(C)Oc1ccc(CCCNC(=O)[C@H](C)Oc2ccccc2Cl)cc1. The maximum Gasteiger partial charge on any atom is 0.260 e. The Hall–Kier alpha value is -2.20. The molecule has 1 N–H and O–H groups in total. The molecule has 0 fully saturated rings. The van der Waals surface area contributed by atoms with Crippen molar-refractivity contribution in [1.29, 1.82) is 0 Å². The number of aryl methyl sites for hydroxylation is 1. The second-order valence-electron chi connectivity index (χ2n) is 6.40. The van der Waals surface area contributed by atoms with Gasteiger partial charge in [-0.1, -0.05) is 35.9 Å². The molecule has 0 aliphatic carbocycles. The standard InChI is InChI=1S/C21H26ClNO3/c1-15(2)25-18-12-10-17(11-13-18)7-6-14-23-21(24)16(3)26-20-9-5-4-8-19(20)22/h4-5,8-13,15-16H,6-7,14H2,1-3H3,(H,23,24)/t16-/m0/s1. The molecule has 2 rings (SSSR count). The van der Waals surface area contributed by atoms with E-state index in [1.54, 1.807) is 19.1 Å². The van der Waals surface area contributed by atoms with Gasteiger partial charge >= 0.3 is 0 Å². The van der Waals surface area contributed by atoms with Gasteiger partial charge in [0, 0.05) is 6.54 Å². The van der Waals surface area contributed by atoms with Crippen LogP contribution in [0, 0.1) is 0 Å². The third-order valence-corrected chi connectivity index (χ3v) is 4.06. The maximum absolute atomic E-state index is 12.1. The average molecular weight is 376 g/mol. The van der Waals surface area contributed by atoms with Crippen LogP contribution in [-0.2, 0) is 11.2 Å². The molecule has 2 aromatic rings. The maximum atomic E-state index is 12.1. The quantitative estimate of drug-likeness (QED) is 0.649. The summed E-state index contributed by atoms with van der Waals surface area (Å²) in [5, 5.41) is 3.40. The number of halogens is 1. The lowest BCUT2D eigenvalue weighted by molar-refractivity contribution is -0.127. The lowest BCUT2D eigenvalue weighted by Gasteiger charge is -2.15. The zero-order chi connectivity index (χ0) is 18.9. The van der Waals surface area contributed by atoms with Crippen LogP contribution in [0.3, 0.4) is 0 Å². The summed E-state index contributed by atoms with van der Waals surface area (Å²) in [7, 11) is 0. The van der Waals surface area contributed by atoms with E-state index in [1.807, 2.05) is 38.1 Å². The first-order valence-corrected chi connectivity index (χ1v) is 9.28. The van der Waals surface area contributed by atoms with E-state index in [0.717, 1.165) is 18.6 Å². The lowest BCUT2D eigenvalue weighted by Crippen LogP contribution is -2.37. The van der Waals surface area contributed by atoms with Gasteiger partial charge in [-0.15, -0.1) is 0 Å². The summed E-state index contributed by atoms with van der Waals surface area (Å²) in [6.07, 6.45) is 1.32. The first kappa shape index (κ1) is 20.1. The number of carbonyl (C=O) groups is 1. The molecule has 0 heterocycles. The zero-order valence-corrected chi connectivity index (χ0v) is 16.3. The molecule has 4 nitrogen and oxygen atoms in total. The summed E-state index contributed by atoms with van der Waals surface area (Å²) in [4.78, 5) is 12.1. The summed E-state index contributed by atoms with van der Waals surface area (Å²) in [6, 6.07) is 15.2. The van der Waals surface area contributed by atoms with Crippen molar-refractivity contribution in [1.82, 2.24) is 5.32 Å². The smallest absolute Gasteiger partial charge is 0.260 e. The van der Waals surface area contributed by atoms with Gasteiger partial charge < -0.3 is 14.8 Å². The Morgan fingerprint density at radius 3 is 2.38 bits per heavy atom. The van der Waals surface area contributed by atoms with Crippen LogP contribution in [-0.4, -0.2) is 24.7 Å². The normalized spacial score (nSPS) is 11.9. The molecule has 1 atom stereocenters. The van der Waals surface area contributed by atoms with E-state index >= 15 is 0 Å². The van der Waals surface area contributed by atoms with Crippen molar-refractivity contribution in [2.75, 3.05) is 6.54 Å². The van der Waals surface area contributed by atoms with Gasteiger partial charge in [0.15, 0.2) is 6.10 Å². The highest BCUT2D eigenvalue weighted by atomic mass is 35.5. The molecule has 0 bridgehead atoms. The largest absolute Gasteiger partial charge is 0.491 e.